The number of benzene rings is 1. The van der Waals surface area contributed by atoms with Crippen LogP contribution in [0.15, 0.2) is 41.7 Å². The lowest BCUT2D eigenvalue weighted by atomic mass is 10.1. The van der Waals surface area contributed by atoms with Crippen molar-refractivity contribution < 1.29 is 13.2 Å². The number of rotatable bonds is 3. The number of fused-ring (bicyclic) bond motifs is 1. The first kappa shape index (κ1) is 18.4. The summed E-state index contributed by atoms with van der Waals surface area (Å²) in [6, 6.07) is 7.21. The van der Waals surface area contributed by atoms with Crippen LogP contribution in [-0.4, -0.2) is 32.3 Å². The molecule has 0 amide bonds. The van der Waals surface area contributed by atoms with Crippen LogP contribution < -0.4 is 4.90 Å². The number of aliphatic imine (C=N–C) groups is 1. The maximum atomic E-state index is 12.9. The molecule has 0 saturated carbocycles. The molecule has 1 aromatic carbocycles. The van der Waals surface area contributed by atoms with E-state index < -0.39 is 11.9 Å². The number of aromatic nitrogens is 4. The fourth-order valence-corrected chi connectivity index (χ4v) is 3.11. The zero-order chi connectivity index (χ0) is 19.9. The van der Waals surface area contributed by atoms with Crippen molar-refractivity contribution in [3.63, 3.8) is 0 Å². The van der Waals surface area contributed by atoms with Crippen LogP contribution in [0, 0.1) is 0 Å². The van der Waals surface area contributed by atoms with Crippen LogP contribution in [-0.2, 0) is 19.8 Å². The molecule has 2 aromatic heterocycles. The van der Waals surface area contributed by atoms with Crippen LogP contribution in [0.5, 0.6) is 0 Å². The van der Waals surface area contributed by atoms with Gasteiger partial charge in [0.2, 0.25) is 5.28 Å². The smallest absolute Gasteiger partial charge is 0.345 e. The van der Waals surface area contributed by atoms with E-state index in [1.165, 1.54) is 4.57 Å². The zero-order valence-electron chi connectivity index (χ0n) is 14.7. The van der Waals surface area contributed by atoms with E-state index in [9.17, 15) is 13.2 Å². The van der Waals surface area contributed by atoms with Crippen molar-refractivity contribution in [1.82, 2.24) is 19.5 Å². The Morgan fingerprint density at radius 3 is 2.57 bits per heavy atom. The Bertz CT molecular complexity index is 1040. The Balaban J connectivity index is 1.56. The second-order valence-electron chi connectivity index (χ2n) is 6.30. The predicted octanol–water partition coefficient (Wildman–Crippen LogP) is 4.27. The van der Waals surface area contributed by atoms with Gasteiger partial charge in [-0.2, -0.15) is 18.2 Å². The maximum absolute atomic E-state index is 12.9. The number of halogens is 4. The van der Waals surface area contributed by atoms with Gasteiger partial charge < -0.3 is 9.47 Å². The number of aryl methyl sites for hydroxylation is 1. The van der Waals surface area contributed by atoms with Gasteiger partial charge in [-0.05, 0) is 17.2 Å². The van der Waals surface area contributed by atoms with Gasteiger partial charge in [-0.25, -0.2) is 9.97 Å². The van der Waals surface area contributed by atoms with Crippen molar-refractivity contribution in [2.75, 3.05) is 11.4 Å². The van der Waals surface area contributed by atoms with E-state index in [1.54, 1.807) is 31.6 Å². The molecule has 3 heterocycles. The lowest BCUT2D eigenvalue weighted by molar-refractivity contribution is -0.140. The number of imidazole rings is 1. The van der Waals surface area contributed by atoms with Gasteiger partial charge in [0.05, 0.1) is 12.7 Å². The van der Waals surface area contributed by atoms with Crippen LogP contribution >= 0.6 is 11.6 Å². The average molecular weight is 407 g/mol. The number of alkyl halides is 3. The van der Waals surface area contributed by atoms with Gasteiger partial charge in [-0.3, -0.25) is 4.99 Å². The van der Waals surface area contributed by atoms with Crippen LogP contribution in [0.3, 0.4) is 0 Å². The van der Waals surface area contributed by atoms with Crippen molar-refractivity contribution in [2.45, 2.75) is 12.7 Å². The Labute approximate surface area is 163 Å². The molecule has 4 rings (SSSR count). The molecule has 0 fully saturated rings. The highest BCUT2D eigenvalue weighted by molar-refractivity contribution is 6.28. The largest absolute Gasteiger partial charge is 0.434 e. The molecule has 0 spiro atoms. The maximum Gasteiger partial charge on any atom is 0.434 e. The Hall–Kier alpha value is -2.94. The average Bonchev–Trinajstić information content (AvgIpc) is 3.05. The molecule has 144 valence electrons. The molecular formula is C18H14ClF3N6. The zero-order valence-corrected chi connectivity index (χ0v) is 15.4. The summed E-state index contributed by atoms with van der Waals surface area (Å²) in [5.74, 6) is 0.902. The molecule has 0 unspecified atom stereocenters. The van der Waals surface area contributed by atoms with Gasteiger partial charge in [0.1, 0.15) is 11.5 Å². The van der Waals surface area contributed by atoms with Crippen molar-refractivity contribution in [1.29, 1.82) is 0 Å². The van der Waals surface area contributed by atoms with E-state index >= 15 is 0 Å². The fourth-order valence-electron chi connectivity index (χ4n) is 2.98. The topological polar surface area (TPSA) is 59.2 Å². The summed E-state index contributed by atoms with van der Waals surface area (Å²) in [6.07, 6.45) is -0.158. The van der Waals surface area contributed by atoms with E-state index in [1.807, 2.05) is 17.0 Å². The summed E-state index contributed by atoms with van der Waals surface area (Å²) in [4.78, 5) is 18.1. The molecule has 10 heteroatoms. The minimum Gasteiger partial charge on any atom is -0.345 e. The molecule has 0 radical (unpaired) electrons. The van der Waals surface area contributed by atoms with Crippen LogP contribution in [0.25, 0.3) is 11.4 Å². The minimum absolute atomic E-state index is 0.145. The number of hydrogen-bond acceptors (Lipinski definition) is 5. The van der Waals surface area contributed by atoms with Gasteiger partial charge >= 0.3 is 6.18 Å². The van der Waals surface area contributed by atoms with Crippen molar-refractivity contribution in [3.8, 4) is 11.4 Å². The van der Waals surface area contributed by atoms with E-state index in [4.69, 9.17) is 11.6 Å². The number of hydrogen-bond donors (Lipinski definition) is 0. The molecule has 1 aliphatic rings. The molecule has 28 heavy (non-hydrogen) atoms. The summed E-state index contributed by atoms with van der Waals surface area (Å²) >= 11 is 5.89. The molecule has 0 bridgehead atoms. The summed E-state index contributed by atoms with van der Waals surface area (Å²) < 4.78 is 39.9. The fraction of sp³-hybridized carbons (Fsp3) is 0.222. The standard InChI is InChI=1S/C18H14ClF3N6/c1-27-10-14(18(20,21)22)25-15(27)12-4-2-11(3-5-12)9-28-7-6-23-13-8-24-17(19)26-16(13)28/h2-6,8,10H,7,9H2,1H3. The van der Waals surface area contributed by atoms with Crippen molar-refractivity contribution in [3.05, 3.63) is 53.2 Å². The Morgan fingerprint density at radius 1 is 1.14 bits per heavy atom. The second-order valence-corrected chi connectivity index (χ2v) is 6.63. The lowest BCUT2D eigenvalue weighted by Crippen LogP contribution is -2.28. The highest BCUT2D eigenvalue weighted by Gasteiger charge is 2.34. The first-order valence-corrected chi connectivity index (χ1v) is 8.69. The van der Waals surface area contributed by atoms with Crippen molar-refractivity contribution in [2.24, 2.45) is 12.0 Å². The normalized spacial score (nSPS) is 13.7. The van der Waals surface area contributed by atoms with E-state index in [-0.39, 0.29) is 11.1 Å². The first-order valence-electron chi connectivity index (χ1n) is 8.31. The highest BCUT2D eigenvalue weighted by Crippen LogP contribution is 2.32. The molecule has 0 N–H and O–H groups in total. The third-order valence-corrected chi connectivity index (χ3v) is 4.49. The minimum atomic E-state index is -4.47. The van der Waals surface area contributed by atoms with E-state index in [2.05, 4.69) is 19.9 Å². The van der Waals surface area contributed by atoms with Crippen LogP contribution in [0.2, 0.25) is 5.28 Å². The van der Waals surface area contributed by atoms with Gasteiger partial charge in [0, 0.05) is 31.6 Å². The Morgan fingerprint density at radius 2 is 1.89 bits per heavy atom. The summed E-state index contributed by atoms with van der Waals surface area (Å²) in [5.41, 5.74) is 1.30. The first-order chi connectivity index (χ1) is 13.3. The molecule has 6 nitrogen and oxygen atoms in total. The predicted molar refractivity (Wildman–Crippen MR) is 99.9 cm³/mol. The SMILES string of the molecule is Cn1cc(C(F)(F)F)nc1-c1ccc(CN2CC=Nc3cnc(Cl)nc32)cc1. The number of anilines is 1. The lowest BCUT2D eigenvalue weighted by Gasteiger charge is -2.26. The molecule has 0 atom stereocenters. The second kappa shape index (κ2) is 6.90. The molecular weight excluding hydrogens is 393 g/mol. The summed E-state index contributed by atoms with van der Waals surface area (Å²) in [6.45, 7) is 1.11. The van der Waals surface area contributed by atoms with Crippen molar-refractivity contribution >= 4 is 29.3 Å². The highest BCUT2D eigenvalue weighted by atomic mass is 35.5. The van der Waals surface area contributed by atoms with Crippen LogP contribution in [0.4, 0.5) is 24.7 Å². The molecule has 0 saturated heterocycles. The quantitative estimate of drug-likeness (QED) is 0.609. The molecule has 1 aliphatic heterocycles. The van der Waals surface area contributed by atoms with E-state index in [0.717, 1.165) is 11.8 Å². The van der Waals surface area contributed by atoms with Gasteiger partial charge in [-0.1, -0.05) is 24.3 Å². The number of nitrogens with zero attached hydrogens (tertiary/aromatic N) is 6. The van der Waals surface area contributed by atoms with Gasteiger partial charge in [-0.15, -0.1) is 0 Å². The summed E-state index contributed by atoms with van der Waals surface area (Å²) in [7, 11) is 1.54. The van der Waals surface area contributed by atoms with Gasteiger partial charge in [0.25, 0.3) is 0 Å². The molecule has 3 aromatic rings. The monoisotopic (exact) mass is 406 g/mol. The Kier molecular flexibility index (Phi) is 4.54. The summed E-state index contributed by atoms with van der Waals surface area (Å²) in [5, 5.41) is 0.145. The van der Waals surface area contributed by atoms with E-state index in [0.29, 0.717) is 30.2 Å². The van der Waals surface area contributed by atoms with Crippen LogP contribution in [0.1, 0.15) is 11.3 Å². The molecule has 0 aliphatic carbocycles. The van der Waals surface area contributed by atoms with Gasteiger partial charge in [0.15, 0.2) is 11.5 Å². The third kappa shape index (κ3) is 3.57. The third-order valence-electron chi connectivity index (χ3n) is 4.30.